The molecule has 1 atom stereocenters. The maximum absolute atomic E-state index is 14.0. The maximum atomic E-state index is 14.0. The van der Waals surface area contributed by atoms with Crippen molar-refractivity contribution >= 4 is 28.7 Å². The SMILES string of the molecule is Cc1nc2ccc(C(=O)N3CCOC(C(=O)Nc4cc(-c5ccccc5F)[nH]n4)C3)cc2nc1C. The molecule has 0 spiro atoms. The first kappa shape index (κ1) is 22.6. The third kappa shape index (κ3) is 4.60. The number of aryl methyl sites for hydroxylation is 2. The lowest BCUT2D eigenvalue weighted by Crippen LogP contribution is -2.50. The minimum absolute atomic E-state index is 0.0892. The van der Waals surface area contributed by atoms with E-state index in [9.17, 15) is 14.0 Å². The van der Waals surface area contributed by atoms with Gasteiger partial charge in [-0.2, -0.15) is 5.10 Å². The lowest BCUT2D eigenvalue weighted by Gasteiger charge is -2.32. The number of carbonyl (C=O) groups is 2. The first-order chi connectivity index (χ1) is 16.9. The molecule has 9 nitrogen and oxygen atoms in total. The summed E-state index contributed by atoms with van der Waals surface area (Å²) >= 11 is 0. The smallest absolute Gasteiger partial charge is 0.256 e. The van der Waals surface area contributed by atoms with Gasteiger partial charge >= 0.3 is 0 Å². The van der Waals surface area contributed by atoms with Crippen LogP contribution in [-0.2, 0) is 9.53 Å². The maximum Gasteiger partial charge on any atom is 0.256 e. The highest BCUT2D eigenvalue weighted by atomic mass is 19.1. The molecular formula is C25H23FN6O3. The number of morpholine rings is 1. The quantitative estimate of drug-likeness (QED) is 0.470. The first-order valence-electron chi connectivity index (χ1n) is 11.2. The second-order valence-corrected chi connectivity index (χ2v) is 8.34. The molecule has 2 amide bonds. The van der Waals surface area contributed by atoms with E-state index in [1.165, 1.54) is 6.07 Å². The highest BCUT2D eigenvalue weighted by Crippen LogP contribution is 2.23. The van der Waals surface area contributed by atoms with Gasteiger partial charge in [0.2, 0.25) is 0 Å². The Morgan fingerprint density at radius 2 is 1.86 bits per heavy atom. The number of aromatic nitrogens is 4. The van der Waals surface area contributed by atoms with Crippen molar-refractivity contribution in [3.05, 3.63) is 71.3 Å². The number of aromatic amines is 1. The largest absolute Gasteiger partial charge is 0.365 e. The summed E-state index contributed by atoms with van der Waals surface area (Å²) in [5, 5.41) is 9.43. The number of ether oxygens (including phenoxy) is 1. The predicted octanol–water partition coefficient (Wildman–Crippen LogP) is 3.26. The van der Waals surface area contributed by atoms with Crippen molar-refractivity contribution in [2.24, 2.45) is 0 Å². The molecule has 35 heavy (non-hydrogen) atoms. The Bertz CT molecular complexity index is 1440. The highest BCUT2D eigenvalue weighted by Gasteiger charge is 2.30. The summed E-state index contributed by atoms with van der Waals surface area (Å²) in [5.41, 5.74) is 4.26. The predicted molar refractivity (Wildman–Crippen MR) is 127 cm³/mol. The van der Waals surface area contributed by atoms with Crippen LogP contribution in [0.15, 0.2) is 48.5 Å². The van der Waals surface area contributed by atoms with Crippen LogP contribution in [0.5, 0.6) is 0 Å². The van der Waals surface area contributed by atoms with E-state index in [-0.39, 0.29) is 24.9 Å². The first-order valence-corrected chi connectivity index (χ1v) is 11.2. The molecule has 0 saturated carbocycles. The van der Waals surface area contributed by atoms with Gasteiger partial charge in [-0.1, -0.05) is 12.1 Å². The monoisotopic (exact) mass is 474 g/mol. The lowest BCUT2D eigenvalue weighted by molar-refractivity contribution is -0.131. The Morgan fingerprint density at radius 1 is 1.09 bits per heavy atom. The van der Waals surface area contributed by atoms with Crippen molar-refractivity contribution in [1.82, 2.24) is 25.1 Å². The molecule has 178 valence electrons. The molecule has 1 fully saturated rings. The third-order valence-electron chi connectivity index (χ3n) is 5.96. The second kappa shape index (κ2) is 9.22. The van der Waals surface area contributed by atoms with Crippen LogP contribution in [0.25, 0.3) is 22.3 Å². The Morgan fingerprint density at radius 3 is 2.66 bits per heavy atom. The van der Waals surface area contributed by atoms with Gasteiger partial charge in [0.25, 0.3) is 11.8 Å². The summed E-state index contributed by atoms with van der Waals surface area (Å²) < 4.78 is 19.6. The van der Waals surface area contributed by atoms with Gasteiger partial charge in [-0.05, 0) is 44.2 Å². The molecule has 1 aliphatic rings. The number of carbonyl (C=O) groups excluding carboxylic acids is 2. The number of anilines is 1. The highest BCUT2D eigenvalue weighted by molar-refractivity contribution is 5.99. The van der Waals surface area contributed by atoms with Gasteiger partial charge < -0.3 is 15.0 Å². The fraction of sp³-hybridized carbons (Fsp3) is 0.240. The molecule has 2 aromatic carbocycles. The van der Waals surface area contributed by atoms with Crippen LogP contribution in [0.1, 0.15) is 21.7 Å². The molecule has 2 N–H and O–H groups in total. The molecule has 5 rings (SSSR count). The minimum atomic E-state index is -0.869. The number of halogens is 1. The number of H-pyrrole nitrogens is 1. The summed E-state index contributed by atoms with van der Waals surface area (Å²) in [6.07, 6.45) is -0.869. The number of hydrogen-bond acceptors (Lipinski definition) is 6. The Kier molecular flexibility index (Phi) is 5.96. The van der Waals surface area contributed by atoms with Gasteiger partial charge in [0.05, 0.1) is 41.3 Å². The molecule has 1 aliphatic heterocycles. The number of nitrogens with zero attached hydrogens (tertiary/aromatic N) is 4. The summed E-state index contributed by atoms with van der Waals surface area (Å²) in [6, 6.07) is 13.0. The van der Waals surface area contributed by atoms with Gasteiger partial charge in [-0.25, -0.2) is 14.4 Å². The zero-order valence-electron chi connectivity index (χ0n) is 19.2. The average molecular weight is 474 g/mol. The van der Waals surface area contributed by atoms with Crippen molar-refractivity contribution < 1.29 is 18.7 Å². The molecule has 1 unspecified atom stereocenters. The fourth-order valence-corrected chi connectivity index (χ4v) is 3.95. The Balaban J connectivity index is 1.27. The molecule has 10 heteroatoms. The zero-order valence-corrected chi connectivity index (χ0v) is 19.2. The van der Waals surface area contributed by atoms with Crippen molar-refractivity contribution in [2.75, 3.05) is 25.0 Å². The van der Waals surface area contributed by atoms with E-state index in [4.69, 9.17) is 4.74 Å². The fourth-order valence-electron chi connectivity index (χ4n) is 3.95. The number of rotatable bonds is 4. The molecule has 1 saturated heterocycles. The van der Waals surface area contributed by atoms with E-state index in [0.717, 1.165) is 16.9 Å². The van der Waals surface area contributed by atoms with Gasteiger partial charge in [0.15, 0.2) is 11.9 Å². The van der Waals surface area contributed by atoms with Crippen LogP contribution in [-0.4, -0.2) is 62.7 Å². The van der Waals surface area contributed by atoms with Crippen LogP contribution >= 0.6 is 0 Å². The van der Waals surface area contributed by atoms with Crippen LogP contribution in [0.3, 0.4) is 0 Å². The normalized spacial score (nSPS) is 15.9. The van der Waals surface area contributed by atoms with Crippen molar-refractivity contribution in [2.45, 2.75) is 20.0 Å². The summed E-state index contributed by atoms with van der Waals surface area (Å²) in [5.74, 6) is -0.818. The third-order valence-corrected chi connectivity index (χ3v) is 5.96. The number of amides is 2. The number of nitrogens with one attached hydrogen (secondary N) is 2. The summed E-state index contributed by atoms with van der Waals surface area (Å²) in [4.78, 5) is 36.6. The van der Waals surface area contributed by atoms with Gasteiger partial charge in [-0.15, -0.1) is 0 Å². The van der Waals surface area contributed by atoms with E-state index < -0.39 is 17.8 Å². The summed E-state index contributed by atoms with van der Waals surface area (Å²) in [7, 11) is 0. The van der Waals surface area contributed by atoms with Crippen LogP contribution in [0.4, 0.5) is 10.2 Å². The zero-order chi connectivity index (χ0) is 24.5. The van der Waals surface area contributed by atoms with Crippen molar-refractivity contribution in [3.8, 4) is 11.3 Å². The molecule has 0 aliphatic carbocycles. The molecule has 4 aromatic rings. The number of fused-ring (bicyclic) bond motifs is 1. The van der Waals surface area contributed by atoms with Crippen LogP contribution < -0.4 is 5.32 Å². The van der Waals surface area contributed by atoms with E-state index in [1.807, 2.05) is 13.8 Å². The van der Waals surface area contributed by atoms with Gasteiger partial charge in [-0.3, -0.25) is 14.7 Å². The lowest BCUT2D eigenvalue weighted by atomic mass is 10.1. The van der Waals surface area contributed by atoms with E-state index >= 15 is 0 Å². The second-order valence-electron chi connectivity index (χ2n) is 8.34. The Hall–Kier alpha value is -4.18. The van der Waals surface area contributed by atoms with Crippen LogP contribution in [0, 0.1) is 19.7 Å². The number of benzene rings is 2. The topological polar surface area (TPSA) is 113 Å². The molecular weight excluding hydrogens is 451 g/mol. The number of hydrogen-bond donors (Lipinski definition) is 2. The van der Waals surface area contributed by atoms with Crippen molar-refractivity contribution in [3.63, 3.8) is 0 Å². The Labute approximate surface area is 200 Å². The van der Waals surface area contributed by atoms with Crippen molar-refractivity contribution in [1.29, 1.82) is 0 Å². The van der Waals surface area contributed by atoms with E-state index in [2.05, 4.69) is 25.5 Å². The average Bonchev–Trinajstić information content (AvgIpc) is 3.32. The van der Waals surface area contributed by atoms with Gasteiger partial charge in [0.1, 0.15) is 5.82 Å². The minimum Gasteiger partial charge on any atom is -0.365 e. The van der Waals surface area contributed by atoms with Gasteiger partial charge in [0, 0.05) is 23.7 Å². The molecule has 0 bridgehead atoms. The molecule has 3 heterocycles. The van der Waals surface area contributed by atoms with E-state index in [0.29, 0.717) is 28.9 Å². The standard InChI is InChI=1S/C25H23FN6O3/c1-14-15(2)28-21-11-16(7-8-19(21)27-14)25(34)32-9-10-35-22(13-32)24(33)29-23-12-20(30-31-23)17-5-3-4-6-18(17)26/h3-8,11-12,22H,9-10,13H2,1-2H3,(H2,29,30,31,33). The summed E-state index contributed by atoms with van der Waals surface area (Å²) in [6.45, 7) is 4.44. The molecule has 2 aromatic heterocycles. The van der Waals surface area contributed by atoms with E-state index in [1.54, 1.807) is 47.4 Å². The molecule has 0 radical (unpaired) electrons. The van der Waals surface area contributed by atoms with Crippen LogP contribution in [0.2, 0.25) is 0 Å².